The van der Waals surface area contributed by atoms with Crippen LogP contribution in [0.4, 0.5) is 14.4 Å². The number of ketones is 1. The van der Waals surface area contributed by atoms with Crippen molar-refractivity contribution in [3.05, 3.63) is 41.5 Å². The Morgan fingerprint density at radius 3 is 2.00 bits per heavy atom. The molecule has 3 aliphatic rings. The molecule has 58 heavy (non-hydrogen) atoms. The number of amides is 3. The Hall–Kier alpha value is -4.24. The highest BCUT2D eigenvalue weighted by atomic mass is 32.1. The number of likely N-dealkylation sites (tertiary alicyclic amines) is 3. The van der Waals surface area contributed by atoms with E-state index in [9.17, 15) is 24.0 Å². The van der Waals surface area contributed by atoms with Crippen LogP contribution in [0.5, 0.6) is 0 Å². The molecule has 0 bridgehead atoms. The van der Waals surface area contributed by atoms with E-state index in [0.29, 0.717) is 57.1 Å². The lowest BCUT2D eigenvalue weighted by Gasteiger charge is -2.30. The molecule has 14 nitrogen and oxygen atoms in total. The number of carbonyl (C=O) groups excluding carboxylic acids is 5. The fourth-order valence-electron chi connectivity index (χ4n) is 7.61. The first-order valence-electron chi connectivity index (χ1n) is 20.5. The maximum Gasteiger partial charge on any atom is 0.410 e. The molecule has 0 saturated carbocycles. The summed E-state index contributed by atoms with van der Waals surface area (Å²) in [6, 6.07) is 9.83. The lowest BCUT2D eigenvalue weighted by molar-refractivity contribution is -0.150. The first kappa shape index (κ1) is 44.9. The summed E-state index contributed by atoms with van der Waals surface area (Å²) in [6.07, 6.45) is 1.07. The van der Waals surface area contributed by atoms with E-state index in [1.54, 1.807) is 55.5 Å². The van der Waals surface area contributed by atoms with Gasteiger partial charge in [-0.2, -0.15) is 0 Å². The second-order valence-corrected chi connectivity index (χ2v) is 19.7. The van der Waals surface area contributed by atoms with Gasteiger partial charge < -0.3 is 39.0 Å². The Balaban J connectivity index is 1.01. The number of hydrogen-bond acceptors (Lipinski definition) is 12. The van der Waals surface area contributed by atoms with Crippen LogP contribution in [0.2, 0.25) is 0 Å². The van der Waals surface area contributed by atoms with Crippen molar-refractivity contribution in [1.29, 1.82) is 0 Å². The average Bonchev–Trinajstić information content (AvgIpc) is 3.93. The van der Waals surface area contributed by atoms with Crippen molar-refractivity contribution in [3.63, 3.8) is 0 Å². The van der Waals surface area contributed by atoms with Gasteiger partial charge in [0.2, 0.25) is 0 Å². The third kappa shape index (κ3) is 12.2. The van der Waals surface area contributed by atoms with Crippen LogP contribution in [-0.4, -0.2) is 125 Å². The largest absolute Gasteiger partial charge is 0.465 e. The molecule has 3 amide bonds. The van der Waals surface area contributed by atoms with Gasteiger partial charge in [-0.3, -0.25) is 9.59 Å². The van der Waals surface area contributed by atoms with Gasteiger partial charge in [-0.05, 0) is 77.7 Å². The fourth-order valence-corrected chi connectivity index (χ4v) is 8.48. The third-order valence-electron chi connectivity index (χ3n) is 11.2. The predicted molar refractivity (Wildman–Crippen MR) is 220 cm³/mol. The Morgan fingerprint density at radius 1 is 0.741 bits per heavy atom. The van der Waals surface area contributed by atoms with Gasteiger partial charge >= 0.3 is 24.2 Å². The molecule has 3 aliphatic heterocycles. The first-order valence-corrected chi connectivity index (χ1v) is 21.3. The van der Waals surface area contributed by atoms with Crippen molar-refractivity contribution in [2.45, 2.75) is 105 Å². The number of rotatable bonds is 13. The molecule has 15 heteroatoms. The smallest absolute Gasteiger partial charge is 0.410 e. The maximum atomic E-state index is 13.3. The number of benzene rings is 1. The highest BCUT2D eigenvalue weighted by Gasteiger charge is 2.41. The fraction of sp³-hybridized carbons (Fsp3) is 0.674. The molecule has 3 saturated heterocycles. The summed E-state index contributed by atoms with van der Waals surface area (Å²) >= 11 is 1.39. The van der Waals surface area contributed by atoms with Crippen LogP contribution >= 0.6 is 11.3 Å². The number of nitrogens with zero attached hydrogens (tertiary/aromatic N) is 4. The number of Topliss-reactive ketones (excluding diaryl/α,β-unsaturated/α-hetero) is 1. The summed E-state index contributed by atoms with van der Waals surface area (Å²) in [4.78, 5) is 75.5. The van der Waals surface area contributed by atoms with Gasteiger partial charge in [-0.25, -0.2) is 19.4 Å². The number of ether oxygens (including phenoxy) is 4. The van der Waals surface area contributed by atoms with Crippen molar-refractivity contribution >= 4 is 41.4 Å². The van der Waals surface area contributed by atoms with E-state index in [1.807, 2.05) is 51.1 Å². The number of thiazole rings is 1. The van der Waals surface area contributed by atoms with Gasteiger partial charge in [0.1, 0.15) is 16.8 Å². The number of hydrogen-bond donors (Lipinski definition) is 1. The van der Waals surface area contributed by atoms with Gasteiger partial charge in [-0.15, -0.1) is 11.3 Å². The van der Waals surface area contributed by atoms with Gasteiger partial charge in [0, 0.05) is 70.9 Å². The highest BCUT2D eigenvalue weighted by molar-refractivity contribution is 7.17. The van der Waals surface area contributed by atoms with Crippen LogP contribution in [-0.2, 0) is 23.7 Å². The zero-order valence-corrected chi connectivity index (χ0v) is 36.7. The van der Waals surface area contributed by atoms with E-state index in [-0.39, 0.29) is 54.6 Å². The quantitative estimate of drug-likeness (QED) is 0.125. The molecule has 0 spiro atoms. The van der Waals surface area contributed by atoms with Crippen molar-refractivity contribution in [2.75, 3.05) is 52.4 Å². The number of esters is 1. The van der Waals surface area contributed by atoms with E-state index >= 15 is 0 Å². The van der Waals surface area contributed by atoms with Gasteiger partial charge in [-0.1, -0.05) is 51.1 Å². The van der Waals surface area contributed by atoms with Crippen molar-refractivity contribution < 1.29 is 42.9 Å². The molecule has 1 aromatic carbocycles. The van der Waals surface area contributed by atoms with E-state index in [2.05, 4.69) is 24.1 Å². The molecule has 4 heterocycles. The SMILES string of the molecule is C[C@@H]1CN(C(=O)OC(C)(C)CN[C@@H]2CN(C(=O)OC(C)(C)CCOC(=O)[C@@H]3CN(C(=O)OC(C)(C)C)C[C@H]3C)C[C@H]2C)C[C@H]1CC(=O)c1ncc(-c2ccccc2)s1. The Bertz CT molecular complexity index is 1780. The summed E-state index contributed by atoms with van der Waals surface area (Å²) in [5.41, 5.74) is -1.32. The van der Waals surface area contributed by atoms with Crippen LogP contribution < -0.4 is 5.32 Å². The van der Waals surface area contributed by atoms with Crippen molar-refractivity contribution in [3.8, 4) is 10.4 Å². The van der Waals surface area contributed by atoms with Crippen molar-refractivity contribution in [1.82, 2.24) is 25.0 Å². The zero-order chi connectivity index (χ0) is 42.6. The molecular formula is C43H63N5O9S. The molecule has 6 atom stereocenters. The molecular weight excluding hydrogens is 763 g/mol. The maximum absolute atomic E-state index is 13.3. The van der Waals surface area contributed by atoms with Crippen LogP contribution in [0.15, 0.2) is 36.5 Å². The van der Waals surface area contributed by atoms with E-state index in [4.69, 9.17) is 18.9 Å². The molecule has 5 rings (SSSR count). The molecule has 1 N–H and O–H groups in total. The summed E-state index contributed by atoms with van der Waals surface area (Å²) in [5, 5.41) is 3.99. The second kappa shape index (κ2) is 18.4. The molecule has 2 aromatic rings. The predicted octanol–water partition coefficient (Wildman–Crippen LogP) is 7.13. The number of nitrogens with one attached hydrogen (secondary N) is 1. The summed E-state index contributed by atoms with van der Waals surface area (Å²) < 4.78 is 22.9. The molecule has 0 radical (unpaired) electrons. The van der Waals surface area contributed by atoms with Gasteiger partial charge in [0.15, 0.2) is 10.8 Å². The normalized spacial score (nSPS) is 23.9. The highest BCUT2D eigenvalue weighted by Crippen LogP contribution is 2.32. The minimum atomic E-state index is -0.891. The zero-order valence-electron chi connectivity index (χ0n) is 35.9. The Kier molecular flexibility index (Phi) is 14.2. The second-order valence-electron chi connectivity index (χ2n) is 18.7. The van der Waals surface area contributed by atoms with Crippen LogP contribution in [0.25, 0.3) is 10.4 Å². The average molecular weight is 826 g/mol. The van der Waals surface area contributed by atoms with E-state index in [0.717, 1.165) is 10.4 Å². The topological polar surface area (TPSA) is 157 Å². The molecule has 0 aliphatic carbocycles. The number of carbonyl (C=O) groups is 5. The van der Waals surface area contributed by atoms with Gasteiger partial charge in [0.05, 0.1) is 17.4 Å². The van der Waals surface area contributed by atoms with E-state index in [1.165, 1.54) is 11.3 Å². The van der Waals surface area contributed by atoms with E-state index < -0.39 is 41.0 Å². The Morgan fingerprint density at radius 2 is 1.33 bits per heavy atom. The number of aromatic nitrogens is 1. The molecule has 1 aromatic heterocycles. The minimum absolute atomic E-state index is 0.00918. The minimum Gasteiger partial charge on any atom is -0.465 e. The lowest BCUT2D eigenvalue weighted by Crippen LogP contribution is -2.48. The van der Waals surface area contributed by atoms with Crippen LogP contribution in [0, 0.1) is 29.6 Å². The van der Waals surface area contributed by atoms with Crippen LogP contribution in [0.1, 0.15) is 91.9 Å². The lowest BCUT2D eigenvalue weighted by atomic mass is 9.93. The third-order valence-corrected chi connectivity index (χ3v) is 12.3. The molecule has 3 fully saturated rings. The monoisotopic (exact) mass is 825 g/mol. The molecule has 320 valence electrons. The summed E-state index contributed by atoms with van der Waals surface area (Å²) in [5.74, 6) is -0.654. The first-order chi connectivity index (χ1) is 27.1. The Labute approximate surface area is 347 Å². The van der Waals surface area contributed by atoms with Gasteiger partial charge in [0.25, 0.3) is 0 Å². The summed E-state index contributed by atoms with van der Waals surface area (Å²) in [6.45, 7) is 21.7. The standard InChI is InChI=1S/C43H63N5O9S/c1-27-20-46(23-31(27)18-34(49)36-44-19-35(58-36)30-14-12-11-13-15-30)39(52)57-43(9,10)26-45-33-25-48(22-29(33)3)40(53)56-42(7,8)16-17-54-37(50)32-24-47(21-28(32)2)38(51)55-41(4,5)6/h11-15,19,27-29,31-33,45H,16-18,20-26H2,1-10H3/t27-,28-,29-,31-,32-,33-/m1/s1. The van der Waals surface area contributed by atoms with Crippen molar-refractivity contribution in [2.24, 2.45) is 29.6 Å². The van der Waals surface area contributed by atoms with Crippen LogP contribution in [0.3, 0.4) is 0 Å². The summed E-state index contributed by atoms with van der Waals surface area (Å²) in [7, 11) is 0. The molecule has 0 unspecified atom stereocenters.